The summed E-state index contributed by atoms with van der Waals surface area (Å²) in [6, 6.07) is 7.05. The predicted octanol–water partition coefficient (Wildman–Crippen LogP) is 1.33. The van der Waals surface area contributed by atoms with Gasteiger partial charge in [-0.25, -0.2) is 9.59 Å². The number of thiocarbonyl (C=S) groups is 4. The minimum Gasteiger partial charge on any atom is -0.450 e. The fourth-order valence-corrected chi connectivity index (χ4v) is 2.41. The lowest BCUT2D eigenvalue weighted by molar-refractivity contribution is 0.156. The number of anilines is 2. The average molecular weight is 519 g/mol. The van der Waals surface area contributed by atoms with Gasteiger partial charge in [0.2, 0.25) is 0 Å². The molecule has 2 amide bonds. The number of para-hydroxylation sites is 2. The van der Waals surface area contributed by atoms with Crippen LogP contribution in [0.1, 0.15) is 13.8 Å². The molecule has 0 aliphatic heterocycles. The van der Waals surface area contributed by atoms with Gasteiger partial charge >= 0.3 is 12.2 Å². The number of alkyl carbamates (subject to hydrolysis) is 2. The summed E-state index contributed by atoms with van der Waals surface area (Å²) in [5.41, 5.74) is 11.5. The van der Waals surface area contributed by atoms with Crippen LogP contribution in [0.4, 0.5) is 21.0 Å². The molecule has 0 fully saturated rings. The molecule has 16 heteroatoms. The number of hydrazine groups is 2. The van der Waals surface area contributed by atoms with Crippen LogP contribution in [-0.4, -0.2) is 45.8 Å². The maximum absolute atomic E-state index is 11.3. The molecule has 1 aromatic carbocycles. The molecule has 8 N–H and O–H groups in total. The Morgan fingerprint density at radius 1 is 0.688 bits per heavy atom. The number of hydrogen-bond acceptors (Lipinski definition) is 8. The SMILES string of the molecule is CCOC(=O)NC(=S)NNC(=S)Nc1ccccc1NC(=S)NNC(=S)NC(=O)OCC. The van der Waals surface area contributed by atoms with Crippen molar-refractivity contribution in [3.8, 4) is 0 Å². The van der Waals surface area contributed by atoms with Gasteiger partial charge in [0.1, 0.15) is 0 Å². The molecule has 0 heterocycles. The number of rotatable bonds is 4. The highest BCUT2D eigenvalue weighted by Crippen LogP contribution is 2.20. The van der Waals surface area contributed by atoms with Crippen molar-refractivity contribution in [2.24, 2.45) is 0 Å². The van der Waals surface area contributed by atoms with Gasteiger partial charge in [-0.1, -0.05) is 12.1 Å². The van der Waals surface area contributed by atoms with Crippen molar-refractivity contribution in [3.05, 3.63) is 24.3 Å². The van der Waals surface area contributed by atoms with E-state index in [9.17, 15) is 9.59 Å². The highest BCUT2D eigenvalue weighted by Gasteiger charge is 2.08. The van der Waals surface area contributed by atoms with Gasteiger partial charge in [-0.05, 0) is 74.9 Å². The smallest absolute Gasteiger partial charge is 0.413 e. The highest BCUT2D eigenvalue weighted by molar-refractivity contribution is 7.81. The van der Waals surface area contributed by atoms with E-state index in [0.29, 0.717) is 11.4 Å². The second kappa shape index (κ2) is 14.8. The van der Waals surface area contributed by atoms with E-state index in [2.05, 4.69) is 43.0 Å². The number of benzene rings is 1. The van der Waals surface area contributed by atoms with Crippen molar-refractivity contribution in [1.29, 1.82) is 0 Å². The van der Waals surface area contributed by atoms with Gasteiger partial charge in [-0.15, -0.1) is 0 Å². The third kappa shape index (κ3) is 11.3. The zero-order valence-electron chi connectivity index (χ0n) is 17.0. The molecule has 0 atom stereocenters. The molecule has 174 valence electrons. The fraction of sp³-hybridized carbons (Fsp3) is 0.250. The number of hydrogen-bond donors (Lipinski definition) is 8. The monoisotopic (exact) mass is 518 g/mol. The molecule has 0 aliphatic rings. The highest BCUT2D eigenvalue weighted by atomic mass is 32.1. The molecule has 0 spiro atoms. The molecule has 32 heavy (non-hydrogen) atoms. The van der Waals surface area contributed by atoms with E-state index < -0.39 is 12.2 Å². The molecular formula is C16H22N8O4S4. The lowest BCUT2D eigenvalue weighted by Gasteiger charge is -2.18. The summed E-state index contributed by atoms with van der Waals surface area (Å²) >= 11 is 20.3. The van der Waals surface area contributed by atoms with Crippen molar-refractivity contribution >= 4 is 92.9 Å². The Hall–Kier alpha value is -3.08. The van der Waals surface area contributed by atoms with Crippen molar-refractivity contribution < 1.29 is 19.1 Å². The number of carbonyl (C=O) groups is 2. The molecule has 0 saturated carbocycles. The molecule has 0 aromatic heterocycles. The van der Waals surface area contributed by atoms with Gasteiger partial charge in [-0.2, -0.15) is 0 Å². The van der Waals surface area contributed by atoms with Crippen LogP contribution in [0.5, 0.6) is 0 Å². The van der Waals surface area contributed by atoms with E-state index in [1.165, 1.54) is 0 Å². The third-order valence-corrected chi connectivity index (χ3v) is 3.80. The van der Waals surface area contributed by atoms with E-state index in [1.807, 2.05) is 0 Å². The third-order valence-electron chi connectivity index (χ3n) is 2.98. The van der Waals surface area contributed by atoms with E-state index in [-0.39, 0.29) is 33.7 Å². The van der Waals surface area contributed by atoms with Crippen molar-refractivity contribution in [1.82, 2.24) is 32.3 Å². The first-order valence-corrected chi connectivity index (χ1v) is 10.6. The Labute approximate surface area is 205 Å². The van der Waals surface area contributed by atoms with Gasteiger partial charge < -0.3 is 20.1 Å². The average Bonchev–Trinajstić information content (AvgIpc) is 2.72. The Morgan fingerprint density at radius 2 is 1.03 bits per heavy atom. The number of amides is 2. The Kier molecular flexibility index (Phi) is 12.5. The van der Waals surface area contributed by atoms with Crippen molar-refractivity contribution in [2.75, 3.05) is 23.8 Å². The summed E-state index contributed by atoms with van der Waals surface area (Å²) < 4.78 is 9.42. The first-order chi connectivity index (χ1) is 15.2. The molecular weight excluding hydrogens is 496 g/mol. The molecule has 0 unspecified atom stereocenters. The minimum atomic E-state index is -0.688. The quantitative estimate of drug-likeness (QED) is 0.214. The van der Waals surface area contributed by atoms with Crippen LogP contribution < -0.4 is 43.0 Å². The van der Waals surface area contributed by atoms with Crippen LogP contribution >= 0.6 is 48.9 Å². The zero-order valence-corrected chi connectivity index (χ0v) is 20.3. The van der Waals surface area contributed by atoms with Crippen molar-refractivity contribution in [3.63, 3.8) is 0 Å². The number of ether oxygens (including phenoxy) is 2. The molecule has 12 nitrogen and oxygen atoms in total. The molecule has 1 rings (SSSR count). The van der Waals surface area contributed by atoms with Gasteiger partial charge in [-0.3, -0.25) is 32.3 Å². The summed E-state index contributed by atoms with van der Waals surface area (Å²) in [6.45, 7) is 3.77. The van der Waals surface area contributed by atoms with E-state index in [1.54, 1.807) is 38.1 Å². The Bertz CT molecular complexity index is 801. The van der Waals surface area contributed by atoms with Crippen LogP contribution in [-0.2, 0) is 9.47 Å². The minimum absolute atomic E-state index is 0.0251. The van der Waals surface area contributed by atoms with E-state index in [4.69, 9.17) is 58.3 Å². The van der Waals surface area contributed by atoms with Gasteiger partial charge in [0.15, 0.2) is 20.4 Å². The summed E-state index contributed by atoms with van der Waals surface area (Å²) in [5.74, 6) is 0. The zero-order chi connectivity index (χ0) is 23.9. The second-order valence-corrected chi connectivity index (χ2v) is 6.94. The summed E-state index contributed by atoms with van der Waals surface area (Å²) in [7, 11) is 0. The maximum Gasteiger partial charge on any atom is 0.413 e. The van der Waals surface area contributed by atoms with Crippen LogP contribution in [0.25, 0.3) is 0 Å². The molecule has 1 aromatic rings. The predicted molar refractivity (Wildman–Crippen MR) is 137 cm³/mol. The first-order valence-electron chi connectivity index (χ1n) is 8.95. The normalized spacial score (nSPS) is 9.31. The van der Waals surface area contributed by atoms with E-state index in [0.717, 1.165) is 0 Å². The summed E-state index contributed by atoms with van der Waals surface area (Å²) in [5, 5.41) is 10.7. The molecule has 0 radical (unpaired) electrons. The topological polar surface area (TPSA) is 149 Å². The molecule has 0 aliphatic carbocycles. The van der Waals surface area contributed by atoms with Gasteiger partial charge in [0.25, 0.3) is 0 Å². The maximum atomic E-state index is 11.3. The Morgan fingerprint density at radius 3 is 1.38 bits per heavy atom. The van der Waals surface area contributed by atoms with Crippen LogP contribution in [0.15, 0.2) is 24.3 Å². The number of carbonyl (C=O) groups excluding carboxylic acids is 2. The van der Waals surface area contributed by atoms with Crippen LogP contribution in [0.3, 0.4) is 0 Å². The fourth-order valence-electron chi connectivity index (χ4n) is 1.82. The lowest BCUT2D eigenvalue weighted by Crippen LogP contribution is -2.50. The van der Waals surface area contributed by atoms with Crippen LogP contribution in [0.2, 0.25) is 0 Å². The largest absolute Gasteiger partial charge is 0.450 e. The van der Waals surface area contributed by atoms with E-state index >= 15 is 0 Å². The summed E-state index contributed by atoms with van der Waals surface area (Å²) in [4.78, 5) is 22.6. The van der Waals surface area contributed by atoms with Crippen molar-refractivity contribution in [2.45, 2.75) is 13.8 Å². The Balaban J connectivity index is 2.52. The molecule has 0 bridgehead atoms. The standard InChI is InChI=1S/C16H22N8O4S4/c1-3-27-15(25)19-13(31)23-21-11(29)17-9-7-5-6-8-10(9)18-12(30)22-24-14(32)20-16(26)28-4-2/h5-8H,3-4H2,1-2H3,(H2,17,21,29)(H2,18,22,30)(H2,19,23,25,31)(H2,20,24,26,32). The summed E-state index contributed by atoms with van der Waals surface area (Å²) in [6.07, 6.45) is -1.38. The second-order valence-electron chi connectivity index (χ2n) is 5.30. The number of nitrogens with one attached hydrogen (secondary N) is 8. The van der Waals surface area contributed by atoms with Gasteiger partial charge in [0.05, 0.1) is 24.6 Å². The first kappa shape index (κ1) is 27.0. The van der Waals surface area contributed by atoms with Crippen LogP contribution in [0, 0.1) is 0 Å². The lowest BCUT2D eigenvalue weighted by atomic mass is 10.2. The molecule has 0 saturated heterocycles. The van der Waals surface area contributed by atoms with Gasteiger partial charge in [0, 0.05) is 0 Å².